The van der Waals surface area contributed by atoms with Gasteiger partial charge in [-0.05, 0) is 24.3 Å². The van der Waals surface area contributed by atoms with Crippen molar-refractivity contribution in [3.8, 4) is 28.7 Å². The molecule has 2 N–H and O–H groups in total. The van der Waals surface area contributed by atoms with Crippen molar-refractivity contribution < 1.29 is 28.5 Å². The zero-order chi connectivity index (χ0) is 21.2. The maximum Gasteiger partial charge on any atom is 0.251 e. The Labute approximate surface area is 171 Å². The van der Waals surface area contributed by atoms with Gasteiger partial charge in [0.05, 0.1) is 35.5 Å². The number of rotatable bonds is 11. The Morgan fingerprint density at radius 2 is 1.31 bits per heavy atom. The average molecular weight is 404 g/mol. The summed E-state index contributed by atoms with van der Waals surface area (Å²) >= 11 is 0. The van der Waals surface area contributed by atoms with Crippen LogP contribution in [0.3, 0.4) is 0 Å². The molecule has 0 heterocycles. The number of nitrogens with one attached hydrogen (secondary N) is 2. The molecule has 0 saturated heterocycles. The first-order valence-electron chi connectivity index (χ1n) is 9.07. The lowest BCUT2D eigenvalue weighted by Crippen LogP contribution is -2.31. The Morgan fingerprint density at radius 1 is 0.724 bits per heavy atom. The molecular weight excluding hydrogens is 376 g/mol. The Bertz CT molecular complexity index is 825. The Balaban J connectivity index is 1.87. The minimum absolute atomic E-state index is 0.184. The summed E-state index contributed by atoms with van der Waals surface area (Å²) in [5.41, 5.74) is 1.43. The fourth-order valence-electron chi connectivity index (χ4n) is 2.80. The van der Waals surface area contributed by atoms with E-state index in [1.807, 2.05) is 6.07 Å². The number of hydrogen-bond acceptors (Lipinski definition) is 7. The Kier molecular flexibility index (Phi) is 8.42. The number of carbonyl (C=O) groups is 1. The largest absolute Gasteiger partial charge is 0.496 e. The number of methoxy groups -OCH3 is 5. The van der Waals surface area contributed by atoms with Crippen molar-refractivity contribution in [1.29, 1.82) is 0 Å². The van der Waals surface area contributed by atoms with E-state index in [2.05, 4.69) is 10.6 Å². The van der Waals surface area contributed by atoms with E-state index in [0.717, 1.165) is 5.56 Å². The maximum atomic E-state index is 12.3. The van der Waals surface area contributed by atoms with Gasteiger partial charge in [0.15, 0.2) is 23.0 Å². The topological polar surface area (TPSA) is 87.3 Å². The molecule has 0 fully saturated rings. The first-order valence-corrected chi connectivity index (χ1v) is 9.07. The van der Waals surface area contributed by atoms with Crippen LogP contribution in [-0.4, -0.2) is 54.5 Å². The minimum atomic E-state index is -0.184. The average Bonchev–Trinajstić information content (AvgIpc) is 2.77. The summed E-state index contributed by atoms with van der Waals surface area (Å²) in [5.74, 6) is 2.84. The second-order valence-corrected chi connectivity index (χ2v) is 6.02. The van der Waals surface area contributed by atoms with Gasteiger partial charge in [-0.3, -0.25) is 4.79 Å². The quantitative estimate of drug-likeness (QED) is 0.556. The molecule has 2 rings (SSSR count). The first kappa shape index (κ1) is 22.2. The molecular formula is C21H28N2O6. The molecule has 0 aliphatic rings. The molecule has 0 spiro atoms. The lowest BCUT2D eigenvalue weighted by molar-refractivity contribution is 0.0953. The summed E-state index contributed by atoms with van der Waals surface area (Å²) in [7, 11) is 7.86. The predicted octanol–water partition coefficient (Wildman–Crippen LogP) is 2.25. The molecule has 8 heteroatoms. The van der Waals surface area contributed by atoms with Gasteiger partial charge in [0, 0.05) is 36.8 Å². The molecule has 0 aliphatic carbocycles. The lowest BCUT2D eigenvalue weighted by Gasteiger charge is -2.15. The highest BCUT2D eigenvalue weighted by Gasteiger charge is 2.12. The van der Waals surface area contributed by atoms with E-state index < -0.39 is 0 Å². The standard InChI is InChI=1S/C21H28N2O6/c1-25-16-7-6-14(10-18(16)27-3)21(24)23-9-8-22-13-15-11-19(28-4)20(29-5)12-17(15)26-2/h6-7,10-12,22H,8-9,13H2,1-5H3,(H,23,24). The third-order valence-corrected chi connectivity index (χ3v) is 4.34. The minimum Gasteiger partial charge on any atom is -0.496 e. The van der Waals surface area contributed by atoms with Crippen LogP contribution in [0.5, 0.6) is 28.7 Å². The second-order valence-electron chi connectivity index (χ2n) is 6.02. The molecule has 0 saturated carbocycles. The van der Waals surface area contributed by atoms with Crippen molar-refractivity contribution in [3.63, 3.8) is 0 Å². The van der Waals surface area contributed by atoms with Crippen LogP contribution in [0, 0.1) is 0 Å². The summed E-state index contributed by atoms with van der Waals surface area (Å²) in [6, 6.07) is 8.70. The fourth-order valence-corrected chi connectivity index (χ4v) is 2.80. The van der Waals surface area contributed by atoms with E-state index in [4.69, 9.17) is 23.7 Å². The van der Waals surface area contributed by atoms with Gasteiger partial charge in [-0.1, -0.05) is 0 Å². The Morgan fingerprint density at radius 3 is 1.93 bits per heavy atom. The molecule has 0 unspecified atom stereocenters. The molecule has 2 aromatic carbocycles. The molecule has 29 heavy (non-hydrogen) atoms. The van der Waals surface area contributed by atoms with Gasteiger partial charge >= 0.3 is 0 Å². The molecule has 2 aromatic rings. The highest BCUT2D eigenvalue weighted by molar-refractivity contribution is 5.94. The summed E-state index contributed by atoms with van der Waals surface area (Å²) < 4.78 is 26.4. The van der Waals surface area contributed by atoms with Crippen LogP contribution in [-0.2, 0) is 6.54 Å². The van der Waals surface area contributed by atoms with Crippen LogP contribution in [0.15, 0.2) is 30.3 Å². The van der Waals surface area contributed by atoms with E-state index in [-0.39, 0.29) is 5.91 Å². The summed E-state index contributed by atoms with van der Waals surface area (Å²) in [4.78, 5) is 12.3. The Hall–Kier alpha value is -3.13. The van der Waals surface area contributed by atoms with Crippen LogP contribution in [0.2, 0.25) is 0 Å². The fraction of sp³-hybridized carbons (Fsp3) is 0.381. The van der Waals surface area contributed by atoms with Crippen LogP contribution >= 0.6 is 0 Å². The highest BCUT2D eigenvalue weighted by atomic mass is 16.5. The van der Waals surface area contributed by atoms with E-state index in [0.29, 0.717) is 53.9 Å². The molecule has 158 valence electrons. The smallest absolute Gasteiger partial charge is 0.251 e. The lowest BCUT2D eigenvalue weighted by atomic mass is 10.1. The maximum absolute atomic E-state index is 12.3. The SMILES string of the molecule is COc1cc(OC)c(OC)cc1CNCCNC(=O)c1ccc(OC)c(OC)c1. The van der Waals surface area contributed by atoms with Gasteiger partial charge in [0.2, 0.25) is 0 Å². The van der Waals surface area contributed by atoms with Crippen molar-refractivity contribution in [3.05, 3.63) is 41.5 Å². The van der Waals surface area contributed by atoms with Gasteiger partial charge in [-0.15, -0.1) is 0 Å². The van der Waals surface area contributed by atoms with Gasteiger partial charge in [0.1, 0.15) is 5.75 Å². The van der Waals surface area contributed by atoms with Gasteiger partial charge < -0.3 is 34.3 Å². The van der Waals surface area contributed by atoms with Crippen LogP contribution < -0.4 is 34.3 Å². The predicted molar refractivity (Wildman–Crippen MR) is 110 cm³/mol. The van der Waals surface area contributed by atoms with Crippen LogP contribution in [0.25, 0.3) is 0 Å². The van der Waals surface area contributed by atoms with Crippen LogP contribution in [0.4, 0.5) is 0 Å². The second kappa shape index (κ2) is 11.0. The molecule has 1 amide bonds. The van der Waals surface area contributed by atoms with Crippen molar-refractivity contribution in [2.75, 3.05) is 48.6 Å². The zero-order valence-electron chi connectivity index (χ0n) is 17.5. The van der Waals surface area contributed by atoms with Crippen LogP contribution in [0.1, 0.15) is 15.9 Å². The van der Waals surface area contributed by atoms with Crippen molar-refractivity contribution in [2.45, 2.75) is 6.54 Å². The van der Waals surface area contributed by atoms with Crippen molar-refractivity contribution >= 4 is 5.91 Å². The zero-order valence-corrected chi connectivity index (χ0v) is 17.5. The molecule has 0 atom stereocenters. The van der Waals surface area contributed by atoms with E-state index in [1.165, 1.54) is 7.11 Å². The number of carbonyl (C=O) groups excluding carboxylic acids is 1. The van der Waals surface area contributed by atoms with Gasteiger partial charge in [0.25, 0.3) is 5.91 Å². The molecule has 0 radical (unpaired) electrons. The molecule has 8 nitrogen and oxygen atoms in total. The summed E-state index contributed by atoms with van der Waals surface area (Å²) in [6.07, 6.45) is 0. The van der Waals surface area contributed by atoms with Crippen molar-refractivity contribution in [2.24, 2.45) is 0 Å². The summed E-state index contributed by atoms with van der Waals surface area (Å²) in [5, 5.41) is 6.15. The normalized spacial score (nSPS) is 10.2. The number of amides is 1. The van der Waals surface area contributed by atoms with Gasteiger partial charge in [-0.2, -0.15) is 0 Å². The monoisotopic (exact) mass is 404 g/mol. The van der Waals surface area contributed by atoms with Crippen molar-refractivity contribution in [1.82, 2.24) is 10.6 Å². The van der Waals surface area contributed by atoms with E-state index >= 15 is 0 Å². The molecule has 0 aliphatic heterocycles. The molecule has 0 aromatic heterocycles. The number of benzene rings is 2. The number of hydrogen-bond donors (Lipinski definition) is 2. The van der Waals surface area contributed by atoms with E-state index in [1.54, 1.807) is 52.7 Å². The summed E-state index contributed by atoms with van der Waals surface area (Å²) in [6.45, 7) is 1.59. The van der Waals surface area contributed by atoms with E-state index in [9.17, 15) is 4.79 Å². The first-order chi connectivity index (χ1) is 14.1. The number of ether oxygens (including phenoxy) is 5. The highest BCUT2D eigenvalue weighted by Crippen LogP contribution is 2.34. The van der Waals surface area contributed by atoms with Gasteiger partial charge in [-0.25, -0.2) is 0 Å². The third kappa shape index (κ3) is 5.68. The third-order valence-electron chi connectivity index (χ3n) is 4.34. The molecule has 0 bridgehead atoms.